The number of nitrogens with zero attached hydrogens (tertiary/aromatic N) is 1. The number of hydrogen-bond acceptors (Lipinski definition) is 2. The van der Waals surface area contributed by atoms with E-state index in [9.17, 15) is 0 Å². The van der Waals surface area contributed by atoms with Gasteiger partial charge in [-0.2, -0.15) is 0 Å². The molecule has 244 valence electrons. The summed E-state index contributed by atoms with van der Waals surface area (Å²) in [5.74, 6) is 0. The highest BCUT2D eigenvalue weighted by molar-refractivity contribution is 4.82. The van der Waals surface area contributed by atoms with Crippen LogP contribution >= 0.6 is 0 Å². The Labute approximate surface area is 260 Å². The first-order valence-electron chi connectivity index (χ1n) is 19.1. The topological polar surface area (TPSA) is 29.3 Å². The summed E-state index contributed by atoms with van der Waals surface area (Å²) in [4.78, 5) is 2.70. The van der Waals surface area contributed by atoms with Crippen LogP contribution < -0.4 is 5.73 Å². The molecule has 0 aliphatic carbocycles. The van der Waals surface area contributed by atoms with Gasteiger partial charge in [0.25, 0.3) is 0 Å². The molecule has 2 N–H and O–H groups in total. The summed E-state index contributed by atoms with van der Waals surface area (Å²) in [6.45, 7) is 9.19. The van der Waals surface area contributed by atoms with Gasteiger partial charge in [-0.25, -0.2) is 0 Å². The van der Waals surface area contributed by atoms with Crippen molar-refractivity contribution in [3.05, 3.63) is 24.3 Å². The Morgan fingerprint density at radius 1 is 0.341 bits per heavy atom. The number of rotatable bonds is 35. The highest BCUT2D eigenvalue weighted by Gasteiger charge is 2.04. The third-order valence-electron chi connectivity index (χ3n) is 8.65. The van der Waals surface area contributed by atoms with Crippen molar-refractivity contribution in [3.8, 4) is 0 Å². The van der Waals surface area contributed by atoms with Crippen LogP contribution in [0.2, 0.25) is 0 Å². The maximum Gasteiger partial charge on any atom is -0.000672 e. The van der Waals surface area contributed by atoms with Crippen LogP contribution in [0.15, 0.2) is 24.3 Å². The fourth-order valence-electron chi connectivity index (χ4n) is 5.82. The van der Waals surface area contributed by atoms with Gasteiger partial charge in [0, 0.05) is 0 Å². The van der Waals surface area contributed by atoms with Crippen molar-refractivity contribution in [2.75, 3.05) is 26.2 Å². The van der Waals surface area contributed by atoms with Gasteiger partial charge < -0.3 is 10.6 Å². The van der Waals surface area contributed by atoms with E-state index in [1.165, 1.54) is 199 Å². The van der Waals surface area contributed by atoms with Crippen LogP contribution in [0.3, 0.4) is 0 Å². The number of nitrogens with two attached hydrogens (primary N) is 1. The average molecular weight is 575 g/mol. The molecule has 0 aromatic carbocycles. The van der Waals surface area contributed by atoms with Crippen molar-refractivity contribution in [1.29, 1.82) is 0 Å². The summed E-state index contributed by atoms with van der Waals surface area (Å²) in [5, 5.41) is 0. The van der Waals surface area contributed by atoms with Gasteiger partial charge in [-0.05, 0) is 96.8 Å². The van der Waals surface area contributed by atoms with E-state index in [4.69, 9.17) is 5.73 Å². The molecule has 0 atom stereocenters. The van der Waals surface area contributed by atoms with Gasteiger partial charge in [0.2, 0.25) is 0 Å². The molecule has 41 heavy (non-hydrogen) atoms. The SMILES string of the molecule is CCCCCCCC/C=C\CCCCCCCCN(CCCN)CCCCCCCC/C=C\CCCCCCCC. The molecule has 0 spiro atoms. The van der Waals surface area contributed by atoms with Gasteiger partial charge in [0.15, 0.2) is 0 Å². The van der Waals surface area contributed by atoms with E-state index in [1.54, 1.807) is 0 Å². The van der Waals surface area contributed by atoms with Crippen LogP contribution in [0.25, 0.3) is 0 Å². The van der Waals surface area contributed by atoms with Crippen LogP contribution in [0, 0.1) is 0 Å². The summed E-state index contributed by atoms with van der Waals surface area (Å²) in [7, 11) is 0. The lowest BCUT2D eigenvalue weighted by Gasteiger charge is -2.22. The lowest BCUT2D eigenvalue weighted by Crippen LogP contribution is -2.28. The highest BCUT2D eigenvalue weighted by Crippen LogP contribution is 2.13. The van der Waals surface area contributed by atoms with E-state index in [2.05, 4.69) is 43.1 Å². The van der Waals surface area contributed by atoms with Gasteiger partial charge in [-0.3, -0.25) is 0 Å². The molecule has 0 rings (SSSR count). The number of allylic oxidation sites excluding steroid dienone is 4. The smallest absolute Gasteiger partial charge is 0.000672 e. The lowest BCUT2D eigenvalue weighted by atomic mass is 10.1. The molecule has 0 radical (unpaired) electrons. The van der Waals surface area contributed by atoms with Crippen molar-refractivity contribution in [1.82, 2.24) is 4.90 Å². The first-order valence-corrected chi connectivity index (χ1v) is 19.1. The molecular formula is C39H78N2. The molecule has 2 heteroatoms. The van der Waals surface area contributed by atoms with Crippen molar-refractivity contribution in [2.24, 2.45) is 5.73 Å². The molecule has 0 aromatic rings. The second kappa shape index (κ2) is 37.4. The zero-order valence-corrected chi connectivity index (χ0v) is 28.7. The van der Waals surface area contributed by atoms with Crippen LogP contribution in [0.1, 0.15) is 200 Å². The fraction of sp³-hybridized carbons (Fsp3) is 0.897. The Bertz CT molecular complexity index is 470. The normalized spacial score (nSPS) is 12.1. The Morgan fingerprint density at radius 3 is 0.927 bits per heavy atom. The predicted octanol–water partition coefficient (Wildman–Crippen LogP) is 12.7. The van der Waals surface area contributed by atoms with Gasteiger partial charge in [0.1, 0.15) is 0 Å². The number of unbranched alkanes of at least 4 members (excludes halogenated alkanes) is 24. The minimum Gasteiger partial charge on any atom is -0.330 e. The van der Waals surface area contributed by atoms with E-state index in [1.807, 2.05) is 0 Å². The summed E-state index contributed by atoms with van der Waals surface area (Å²) >= 11 is 0. The third kappa shape index (κ3) is 35.5. The summed E-state index contributed by atoms with van der Waals surface area (Å²) in [6.07, 6.45) is 49.8. The van der Waals surface area contributed by atoms with Crippen molar-refractivity contribution < 1.29 is 0 Å². The Kier molecular flexibility index (Phi) is 36.9. The molecular weight excluding hydrogens is 496 g/mol. The van der Waals surface area contributed by atoms with Crippen molar-refractivity contribution in [3.63, 3.8) is 0 Å². The molecule has 0 aliphatic heterocycles. The second-order valence-corrected chi connectivity index (χ2v) is 12.9. The largest absolute Gasteiger partial charge is 0.330 e. The summed E-state index contributed by atoms with van der Waals surface area (Å²) in [5.41, 5.74) is 5.82. The summed E-state index contributed by atoms with van der Waals surface area (Å²) in [6, 6.07) is 0. The molecule has 0 unspecified atom stereocenters. The van der Waals surface area contributed by atoms with E-state index in [-0.39, 0.29) is 0 Å². The Balaban J connectivity index is 3.54. The van der Waals surface area contributed by atoms with Gasteiger partial charge in [-0.1, -0.05) is 154 Å². The standard InChI is InChI=1S/C39H78N2/c1-3-5-7-9-11-13-15-17-19-21-23-25-27-29-31-33-37-41(39-35-36-40)38-34-32-30-28-26-24-22-20-18-16-14-12-10-8-6-4-2/h17-20H,3-16,21-40H2,1-2H3/b19-17-,20-18-. The van der Waals surface area contributed by atoms with Gasteiger partial charge in [-0.15, -0.1) is 0 Å². The van der Waals surface area contributed by atoms with Gasteiger partial charge >= 0.3 is 0 Å². The molecule has 2 nitrogen and oxygen atoms in total. The van der Waals surface area contributed by atoms with Crippen LogP contribution in [-0.2, 0) is 0 Å². The minimum atomic E-state index is 0.831. The van der Waals surface area contributed by atoms with Crippen LogP contribution in [-0.4, -0.2) is 31.1 Å². The van der Waals surface area contributed by atoms with Gasteiger partial charge in [0.05, 0.1) is 0 Å². The van der Waals surface area contributed by atoms with Crippen molar-refractivity contribution >= 4 is 0 Å². The summed E-state index contributed by atoms with van der Waals surface area (Å²) < 4.78 is 0. The lowest BCUT2D eigenvalue weighted by molar-refractivity contribution is 0.258. The highest BCUT2D eigenvalue weighted by atomic mass is 15.1. The minimum absolute atomic E-state index is 0.831. The molecule has 0 fully saturated rings. The molecule has 0 bridgehead atoms. The Morgan fingerprint density at radius 2 is 0.610 bits per heavy atom. The molecule has 0 saturated heterocycles. The maximum atomic E-state index is 5.82. The van der Waals surface area contributed by atoms with Crippen molar-refractivity contribution in [2.45, 2.75) is 200 Å². The molecule has 0 heterocycles. The van der Waals surface area contributed by atoms with E-state index >= 15 is 0 Å². The number of hydrogen-bond donors (Lipinski definition) is 1. The van der Waals surface area contributed by atoms with E-state index in [0.717, 1.165) is 13.0 Å². The molecule has 0 aromatic heterocycles. The third-order valence-corrected chi connectivity index (χ3v) is 8.65. The zero-order valence-electron chi connectivity index (χ0n) is 28.7. The predicted molar refractivity (Wildman–Crippen MR) is 189 cm³/mol. The van der Waals surface area contributed by atoms with Crippen LogP contribution in [0.5, 0.6) is 0 Å². The first-order chi connectivity index (χ1) is 20.3. The molecule has 0 amide bonds. The quantitative estimate of drug-likeness (QED) is 0.0602. The maximum absolute atomic E-state index is 5.82. The second-order valence-electron chi connectivity index (χ2n) is 12.9. The van der Waals surface area contributed by atoms with Crippen LogP contribution in [0.4, 0.5) is 0 Å². The molecule has 0 saturated carbocycles. The fourth-order valence-corrected chi connectivity index (χ4v) is 5.82. The van der Waals surface area contributed by atoms with E-state index < -0.39 is 0 Å². The van der Waals surface area contributed by atoms with E-state index in [0.29, 0.717) is 0 Å². The first kappa shape index (κ1) is 40.4. The molecule has 0 aliphatic rings. The average Bonchev–Trinajstić information content (AvgIpc) is 2.98. The Hall–Kier alpha value is -0.600. The zero-order chi connectivity index (χ0) is 29.7. The monoisotopic (exact) mass is 575 g/mol.